The maximum atomic E-state index is 12.4. The normalized spacial score (nSPS) is 23.0. The van der Waals surface area contributed by atoms with Crippen molar-refractivity contribution < 1.29 is 9.59 Å². The number of nitrogens with one attached hydrogen (secondary N) is 1. The highest BCUT2D eigenvalue weighted by Crippen LogP contribution is 2.32. The largest absolute Gasteiger partial charge is 0.353 e. The van der Waals surface area contributed by atoms with Crippen LogP contribution >= 0.6 is 0 Å². The number of aromatic nitrogens is 2. The van der Waals surface area contributed by atoms with Crippen molar-refractivity contribution in [2.24, 2.45) is 5.92 Å². The van der Waals surface area contributed by atoms with Gasteiger partial charge in [-0.25, -0.2) is 9.97 Å². The number of likely N-dealkylation sites (tertiary alicyclic amines) is 1. The summed E-state index contributed by atoms with van der Waals surface area (Å²) < 4.78 is 0. The van der Waals surface area contributed by atoms with Crippen LogP contribution in [-0.4, -0.2) is 45.8 Å². The molecule has 2 aliphatic carbocycles. The van der Waals surface area contributed by atoms with E-state index >= 15 is 0 Å². The third-order valence-electron chi connectivity index (χ3n) is 6.04. The Hall–Kier alpha value is -1.98. The van der Waals surface area contributed by atoms with Gasteiger partial charge in [-0.15, -0.1) is 0 Å². The van der Waals surface area contributed by atoms with Crippen LogP contribution in [0.15, 0.2) is 0 Å². The van der Waals surface area contributed by atoms with Crippen LogP contribution in [0, 0.1) is 19.8 Å². The summed E-state index contributed by atoms with van der Waals surface area (Å²) in [6.07, 6.45) is 6.75. The smallest absolute Gasteiger partial charge is 0.225 e. The van der Waals surface area contributed by atoms with Gasteiger partial charge in [0.1, 0.15) is 5.82 Å². The average Bonchev–Trinajstić information content (AvgIpc) is 3.21. The molecule has 3 aliphatic rings. The first-order chi connectivity index (χ1) is 12.5. The van der Waals surface area contributed by atoms with Crippen LogP contribution in [0.3, 0.4) is 0 Å². The number of carbonyl (C=O) groups is 2. The Kier molecular flexibility index (Phi) is 4.67. The van der Waals surface area contributed by atoms with Crippen molar-refractivity contribution in [3.05, 3.63) is 22.8 Å². The molecule has 1 atom stereocenters. The van der Waals surface area contributed by atoms with E-state index in [0.717, 1.165) is 68.0 Å². The van der Waals surface area contributed by atoms with Gasteiger partial charge >= 0.3 is 0 Å². The lowest BCUT2D eigenvalue weighted by Gasteiger charge is -2.29. The molecular formula is C20H28N4O2. The molecule has 6 nitrogen and oxygen atoms in total. The molecule has 1 unspecified atom stereocenters. The summed E-state index contributed by atoms with van der Waals surface area (Å²) in [6, 6.07) is 0.376. The Morgan fingerprint density at radius 2 is 1.77 bits per heavy atom. The monoisotopic (exact) mass is 356 g/mol. The quantitative estimate of drug-likeness (QED) is 0.876. The Labute approximate surface area is 154 Å². The summed E-state index contributed by atoms with van der Waals surface area (Å²) in [7, 11) is 0. The predicted molar refractivity (Wildman–Crippen MR) is 97.7 cm³/mol. The van der Waals surface area contributed by atoms with E-state index in [1.54, 1.807) is 0 Å². The van der Waals surface area contributed by atoms with Gasteiger partial charge in [-0.2, -0.15) is 0 Å². The van der Waals surface area contributed by atoms with Crippen molar-refractivity contribution in [1.29, 1.82) is 0 Å². The number of amides is 2. The minimum atomic E-state index is 0.0631. The van der Waals surface area contributed by atoms with Gasteiger partial charge in [-0.3, -0.25) is 9.59 Å². The van der Waals surface area contributed by atoms with Gasteiger partial charge in [0.15, 0.2) is 0 Å². The average molecular weight is 356 g/mol. The van der Waals surface area contributed by atoms with E-state index in [2.05, 4.69) is 5.32 Å². The van der Waals surface area contributed by atoms with Crippen LogP contribution < -0.4 is 5.32 Å². The van der Waals surface area contributed by atoms with Gasteiger partial charge in [0.25, 0.3) is 0 Å². The zero-order valence-corrected chi connectivity index (χ0v) is 15.8. The van der Waals surface area contributed by atoms with Crippen LogP contribution in [0.5, 0.6) is 0 Å². The predicted octanol–water partition coefficient (Wildman–Crippen LogP) is 2.03. The van der Waals surface area contributed by atoms with Crippen molar-refractivity contribution in [3.8, 4) is 0 Å². The van der Waals surface area contributed by atoms with E-state index in [4.69, 9.17) is 9.97 Å². The molecule has 6 heteroatoms. The van der Waals surface area contributed by atoms with Crippen molar-refractivity contribution in [2.75, 3.05) is 13.1 Å². The summed E-state index contributed by atoms with van der Waals surface area (Å²) in [5.41, 5.74) is 2.72. The molecule has 1 saturated heterocycles. The van der Waals surface area contributed by atoms with E-state index in [1.807, 2.05) is 18.7 Å². The molecule has 3 fully saturated rings. The molecule has 2 amide bonds. The molecule has 1 N–H and O–H groups in total. The standard InChI is InChI=1S/C20H28N4O2/c1-12-17(10-18(25)23-16-6-7-16)13(2)22-19(21-12)15-8-9-24(11-15)20(26)14-4-3-5-14/h14-16H,3-11H2,1-2H3,(H,23,25). The fraction of sp³-hybridized carbons (Fsp3) is 0.700. The van der Waals surface area contributed by atoms with Gasteiger partial charge in [0.2, 0.25) is 11.8 Å². The molecule has 2 saturated carbocycles. The van der Waals surface area contributed by atoms with Crippen LogP contribution in [-0.2, 0) is 16.0 Å². The molecule has 1 aromatic heterocycles. The molecule has 4 rings (SSSR count). The second-order valence-electron chi connectivity index (χ2n) is 8.15. The second kappa shape index (κ2) is 6.97. The van der Waals surface area contributed by atoms with E-state index < -0.39 is 0 Å². The molecule has 140 valence electrons. The van der Waals surface area contributed by atoms with Gasteiger partial charge in [-0.05, 0) is 46.0 Å². The molecule has 0 spiro atoms. The summed E-state index contributed by atoms with van der Waals surface area (Å²) in [5.74, 6) is 1.68. The molecular weight excluding hydrogens is 328 g/mol. The highest BCUT2D eigenvalue weighted by atomic mass is 16.2. The first-order valence-electron chi connectivity index (χ1n) is 9.93. The molecule has 1 aromatic rings. The summed E-state index contributed by atoms with van der Waals surface area (Å²) in [6.45, 7) is 5.47. The first-order valence-corrected chi connectivity index (χ1v) is 9.93. The lowest BCUT2D eigenvalue weighted by molar-refractivity contribution is -0.137. The molecule has 0 aromatic carbocycles. The van der Waals surface area contributed by atoms with E-state index in [9.17, 15) is 9.59 Å². The lowest BCUT2D eigenvalue weighted by Crippen LogP contribution is -2.37. The minimum Gasteiger partial charge on any atom is -0.353 e. The van der Waals surface area contributed by atoms with Crippen LogP contribution in [0.1, 0.15) is 67.2 Å². The highest BCUT2D eigenvalue weighted by Gasteiger charge is 2.35. The maximum absolute atomic E-state index is 12.4. The summed E-state index contributed by atoms with van der Waals surface area (Å²) in [4.78, 5) is 36.0. The van der Waals surface area contributed by atoms with Crippen molar-refractivity contribution >= 4 is 11.8 Å². The van der Waals surface area contributed by atoms with E-state index in [0.29, 0.717) is 18.4 Å². The van der Waals surface area contributed by atoms with E-state index in [1.165, 1.54) is 6.42 Å². The summed E-state index contributed by atoms with van der Waals surface area (Å²) in [5, 5.41) is 3.03. The fourth-order valence-electron chi connectivity index (χ4n) is 3.96. The Morgan fingerprint density at radius 3 is 2.35 bits per heavy atom. The van der Waals surface area contributed by atoms with Gasteiger partial charge in [-0.1, -0.05) is 6.42 Å². The third kappa shape index (κ3) is 3.60. The Balaban J connectivity index is 1.42. The first kappa shape index (κ1) is 17.4. The number of carbonyl (C=O) groups excluding carboxylic acids is 2. The number of nitrogens with zero attached hydrogens (tertiary/aromatic N) is 3. The minimum absolute atomic E-state index is 0.0631. The van der Waals surface area contributed by atoms with Crippen molar-refractivity contribution in [3.63, 3.8) is 0 Å². The number of hydrogen-bond acceptors (Lipinski definition) is 4. The topological polar surface area (TPSA) is 75.2 Å². The Bertz CT molecular complexity index is 702. The molecule has 2 heterocycles. The fourth-order valence-corrected chi connectivity index (χ4v) is 3.96. The zero-order valence-electron chi connectivity index (χ0n) is 15.8. The molecule has 1 aliphatic heterocycles. The number of aryl methyl sites for hydroxylation is 2. The van der Waals surface area contributed by atoms with Gasteiger partial charge in [0.05, 0.1) is 6.42 Å². The van der Waals surface area contributed by atoms with Crippen molar-refractivity contribution in [1.82, 2.24) is 20.2 Å². The highest BCUT2D eigenvalue weighted by molar-refractivity contribution is 5.80. The van der Waals surface area contributed by atoms with Crippen molar-refractivity contribution in [2.45, 2.75) is 70.8 Å². The number of hydrogen-bond donors (Lipinski definition) is 1. The molecule has 0 radical (unpaired) electrons. The third-order valence-corrected chi connectivity index (χ3v) is 6.04. The SMILES string of the molecule is Cc1nc(C2CCN(C(=O)C3CCC3)C2)nc(C)c1CC(=O)NC1CC1. The van der Waals surface area contributed by atoms with Crippen LogP contribution in [0.2, 0.25) is 0 Å². The molecule has 26 heavy (non-hydrogen) atoms. The zero-order chi connectivity index (χ0) is 18.3. The van der Waals surface area contributed by atoms with Gasteiger partial charge in [0, 0.05) is 47.9 Å². The lowest BCUT2D eigenvalue weighted by atomic mass is 9.84. The molecule has 0 bridgehead atoms. The van der Waals surface area contributed by atoms with E-state index in [-0.39, 0.29) is 17.7 Å². The summed E-state index contributed by atoms with van der Waals surface area (Å²) >= 11 is 0. The second-order valence-corrected chi connectivity index (χ2v) is 8.15. The Morgan fingerprint density at radius 1 is 1.08 bits per heavy atom. The number of rotatable bonds is 5. The van der Waals surface area contributed by atoms with Crippen LogP contribution in [0.25, 0.3) is 0 Å². The maximum Gasteiger partial charge on any atom is 0.225 e. The van der Waals surface area contributed by atoms with Crippen LogP contribution in [0.4, 0.5) is 0 Å². The van der Waals surface area contributed by atoms with Gasteiger partial charge < -0.3 is 10.2 Å².